The van der Waals surface area contributed by atoms with Crippen LogP contribution in [0, 0.1) is 5.95 Å². The summed E-state index contributed by atoms with van der Waals surface area (Å²) in [6.07, 6.45) is 0.619. The van der Waals surface area contributed by atoms with Crippen molar-refractivity contribution in [2.45, 2.75) is 6.29 Å². The first-order chi connectivity index (χ1) is 7.66. The van der Waals surface area contributed by atoms with Gasteiger partial charge in [0, 0.05) is 11.8 Å². The van der Waals surface area contributed by atoms with E-state index in [-0.39, 0.29) is 5.75 Å². The van der Waals surface area contributed by atoms with Gasteiger partial charge in [0.25, 0.3) is 5.95 Å². The zero-order valence-electron chi connectivity index (χ0n) is 8.17. The van der Waals surface area contributed by atoms with Gasteiger partial charge in [-0.3, -0.25) is 0 Å². The molecule has 1 aliphatic heterocycles. The van der Waals surface area contributed by atoms with Crippen molar-refractivity contribution in [2.24, 2.45) is 0 Å². The summed E-state index contributed by atoms with van der Waals surface area (Å²) >= 11 is 0. The summed E-state index contributed by atoms with van der Waals surface area (Å²) in [5, 5.41) is 17.1. The quantitative estimate of drug-likeness (QED) is 0.542. The minimum absolute atomic E-state index is 0.369. The van der Waals surface area contributed by atoms with Crippen LogP contribution in [0.1, 0.15) is 11.9 Å². The van der Waals surface area contributed by atoms with Crippen LogP contribution < -0.4 is 4.65 Å². The Morgan fingerprint density at radius 3 is 2.75 bits per heavy atom. The molecular formula is C8H9BFNO5. The number of aromatic nitrogens is 1. The first kappa shape index (κ1) is 11.3. The largest absolute Gasteiger partial charge is 0.707 e. The Labute approximate surface area is 90.8 Å². The SMILES string of the molecule is OB(O)Oc1cc(C2OCCO2)cnc1F. The van der Waals surface area contributed by atoms with E-state index < -0.39 is 19.6 Å². The number of pyridine rings is 1. The molecular weight excluding hydrogens is 220 g/mol. The minimum Gasteiger partial charge on any atom is -0.508 e. The summed E-state index contributed by atoms with van der Waals surface area (Å²) in [4.78, 5) is 3.40. The predicted molar refractivity (Wildman–Crippen MR) is 49.7 cm³/mol. The maximum absolute atomic E-state index is 13.1. The minimum atomic E-state index is -2.10. The molecule has 1 fully saturated rings. The summed E-state index contributed by atoms with van der Waals surface area (Å²) in [5.41, 5.74) is 0.453. The van der Waals surface area contributed by atoms with E-state index in [1.165, 1.54) is 12.3 Å². The molecule has 0 atom stereocenters. The molecule has 16 heavy (non-hydrogen) atoms. The Morgan fingerprint density at radius 2 is 2.12 bits per heavy atom. The number of nitrogens with zero attached hydrogens (tertiary/aromatic N) is 1. The average Bonchev–Trinajstić information content (AvgIpc) is 2.73. The Hall–Kier alpha value is -1.22. The topological polar surface area (TPSA) is 81.0 Å². The Balaban J connectivity index is 2.20. The summed E-state index contributed by atoms with van der Waals surface area (Å²) in [6.45, 7) is 0.891. The van der Waals surface area contributed by atoms with Crippen LogP contribution in [0.15, 0.2) is 12.3 Å². The second kappa shape index (κ2) is 4.75. The van der Waals surface area contributed by atoms with E-state index in [4.69, 9.17) is 19.5 Å². The van der Waals surface area contributed by atoms with Gasteiger partial charge in [-0.05, 0) is 6.07 Å². The van der Waals surface area contributed by atoms with Crippen molar-refractivity contribution in [1.82, 2.24) is 4.98 Å². The van der Waals surface area contributed by atoms with Crippen molar-refractivity contribution in [1.29, 1.82) is 0 Å². The maximum Gasteiger partial charge on any atom is 0.707 e. The Morgan fingerprint density at radius 1 is 1.44 bits per heavy atom. The number of halogens is 1. The van der Waals surface area contributed by atoms with E-state index in [0.717, 1.165) is 0 Å². The highest BCUT2D eigenvalue weighted by atomic mass is 19.1. The van der Waals surface area contributed by atoms with Crippen LogP contribution in [-0.2, 0) is 9.47 Å². The molecule has 86 valence electrons. The van der Waals surface area contributed by atoms with E-state index >= 15 is 0 Å². The fourth-order valence-corrected chi connectivity index (χ4v) is 1.32. The number of hydrogen-bond acceptors (Lipinski definition) is 6. The zero-order valence-corrected chi connectivity index (χ0v) is 8.17. The maximum atomic E-state index is 13.1. The molecule has 1 saturated heterocycles. The third-order valence-corrected chi connectivity index (χ3v) is 1.95. The van der Waals surface area contributed by atoms with Gasteiger partial charge in [-0.25, -0.2) is 4.98 Å². The summed E-state index contributed by atoms with van der Waals surface area (Å²) < 4.78 is 27.8. The lowest BCUT2D eigenvalue weighted by molar-refractivity contribution is -0.0445. The van der Waals surface area contributed by atoms with Gasteiger partial charge in [0.2, 0.25) is 0 Å². The van der Waals surface area contributed by atoms with Crippen molar-refractivity contribution >= 4 is 7.32 Å². The molecule has 0 saturated carbocycles. The average molecular weight is 229 g/mol. The first-order valence-electron chi connectivity index (χ1n) is 4.58. The fraction of sp³-hybridized carbons (Fsp3) is 0.375. The van der Waals surface area contributed by atoms with Crippen LogP contribution in [0.3, 0.4) is 0 Å². The molecule has 2 heterocycles. The van der Waals surface area contributed by atoms with E-state index in [0.29, 0.717) is 18.8 Å². The van der Waals surface area contributed by atoms with Crippen molar-refractivity contribution in [3.05, 3.63) is 23.8 Å². The van der Waals surface area contributed by atoms with E-state index in [1.54, 1.807) is 0 Å². The van der Waals surface area contributed by atoms with E-state index in [1.807, 2.05) is 0 Å². The van der Waals surface area contributed by atoms with Gasteiger partial charge in [0.15, 0.2) is 12.0 Å². The molecule has 0 aliphatic carbocycles. The van der Waals surface area contributed by atoms with Gasteiger partial charge < -0.3 is 24.2 Å². The van der Waals surface area contributed by atoms with Crippen molar-refractivity contribution in [3.63, 3.8) is 0 Å². The van der Waals surface area contributed by atoms with Gasteiger partial charge in [-0.2, -0.15) is 4.39 Å². The van der Waals surface area contributed by atoms with Crippen molar-refractivity contribution < 1.29 is 28.6 Å². The molecule has 6 nitrogen and oxygen atoms in total. The highest BCUT2D eigenvalue weighted by molar-refractivity contribution is 6.33. The van der Waals surface area contributed by atoms with Crippen LogP contribution in [0.25, 0.3) is 0 Å². The molecule has 0 spiro atoms. The molecule has 8 heteroatoms. The highest BCUT2D eigenvalue weighted by Crippen LogP contribution is 2.26. The molecule has 1 aromatic heterocycles. The lowest BCUT2D eigenvalue weighted by Crippen LogP contribution is -2.21. The third kappa shape index (κ3) is 2.47. The van der Waals surface area contributed by atoms with Gasteiger partial charge >= 0.3 is 7.32 Å². The highest BCUT2D eigenvalue weighted by Gasteiger charge is 2.22. The van der Waals surface area contributed by atoms with Crippen molar-refractivity contribution in [2.75, 3.05) is 13.2 Å². The molecule has 0 radical (unpaired) electrons. The first-order valence-corrected chi connectivity index (χ1v) is 4.58. The second-order valence-electron chi connectivity index (χ2n) is 3.08. The molecule has 0 aromatic carbocycles. The van der Waals surface area contributed by atoms with Crippen LogP contribution >= 0.6 is 0 Å². The third-order valence-electron chi connectivity index (χ3n) is 1.95. The Bertz CT molecular complexity index is 371. The normalized spacial score (nSPS) is 16.4. The summed E-state index contributed by atoms with van der Waals surface area (Å²) in [5.74, 6) is -1.30. The standard InChI is InChI=1S/C8H9BFNO5/c10-7-6(16-9(12)13)3-5(4-11-7)8-14-1-2-15-8/h3-4,8,12-13H,1-2H2. The molecule has 1 aromatic rings. The fourth-order valence-electron chi connectivity index (χ4n) is 1.32. The number of ether oxygens (including phenoxy) is 2. The summed E-state index contributed by atoms with van der Waals surface area (Å²) in [6, 6.07) is 1.25. The lowest BCUT2D eigenvalue weighted by atomic mass is 10.2. The smallest absolute Gasteiger partial charge is 0.508 e. The van der Waals surface area contributed by atoms with Gasteiger partial charge in [-0.15, -0.1) is 0 Å². The molecule has 1 aliphatic rings. The van der Waals surface area contributed by atoms with Crippen LogP contribution in [-0.4, -0.2) is 35.6 Å². The molecule has 0 unspecified atom stereocenters. The molecule has 0 bridgehead atoms. The Kier molecular flexibility index (Phi) is 3.35. The van der Waals surface area contributed by atoms with Crippen LogP contribution in [0.4, 0.5) is 4.39 Å². The molecule has 0 amide bonds. The molecule has 2 N–H and O–H groups in total. The number of rotatable bonds is 3. The van der Waals surface area contributed by atoms with Gasteiger partial charge in [0.05, 0.1) is 13.2 Å². The van der Waals surface area contributed by atoms with E-state index in [2.05, 4.69) is 9.64 Å². The van der Waals surface area contributed by atoms with Crippen LogP contribution in [0.5, 0.6) is 5.75 Å². The van der Waals surface area contributed by atoms with Gasteiger partial charge in [0.1, 0.15) is 0 Å². The van der Waals surface area contributed by atoms with Crippen LogP contribution in [0.2, 0.25) is 0 Å². The second-order valence-corrected chi connectivity index (χ2v) is 3.08. The summed E-state index contributed by atoms with van der Waals surface area (Å²) in [7, 11) is -2.10. The van der Waals surface area contributed by atoms with E-state index in [9.17, 15) is 4.39 Å². The molecule has 2 rings (SSSR count). The number of hydrogen-bond donors (Lipinski definition) is 2. The lowest BCUT2D eigenvalue weighted by Gasteiger charge is -2.11. The zero-order chi connectivity index (χ0) is 11.5. The monoisotopic (exact) mass is 229 g/mol. The van der Waals surface area contributed by atoms with Gasteiger partial charge in [-0.1, -0.05) is 0 Å². The van der Waals surface area contributed by atoms with Crippen molar-refractivity contribution in [3.8, 4) is 5.75 Å². The predicted octanol–water partition coefficient (Wildman–Crippen LogP) is -0.386.